The summed E-state index contributed by atoms with van der Waals surface area (Å²) in [5, 5.41) is 5.44. The van der Waals surface area contributed by atoms with Crippen LogP contribution in [0.25, 0.3) is 10.9 Å². The number of urea groups is 1. The molecule has 2 aromatic rings. The van der Waals surface area contributed by atoms with Crippen LogP contribution >= 0.6 is 0 Å². The topological polar surface area (TPSA) is 97.4 Å². The molecule has 0 bridgehead atoms. The van der Waals surface area contributed by atoms with E-state index in [4.69, 9.17) is 4.74 Å². The molecule has 2 N–H and O–H groups in total. The Morgan fingerprint density at radius 2 is 1.91 bits per heavy atom. The minimum Gasteiger partial charge on any atom is -0.451 e. The van der Waals surface area contributed by atoms with Gasteiger partial charge in [0.05, 0.1) is 5.52 Å². The molecule has 0 spiro atoms. The second kappa shape index (κ2) is 7.88. The molecule has 7 heteroatoms. The minimum absolute atomic E-state index is 0.104. The fourth-order valence-corrected chi connectivity index (χ4v) is 1.83. The van der Waals surface area contributed by atoms with Gasteiger partial charge in [0, 0.05) is 11.9 Å². The van der Waals surface area contributed by atoms with E-state index in [0.29, 0.717) is 12.1 Å². The van der Waals surface area contributed by atoms with E-state index < -0.39 is 24.5 Å². The lowest BCUT2D eigenvalue weighted by atomic mass is 10.2. The van der Waals surface area contributed by atoms with Gasteiger partial charge in [0.1, 0.15) is 5.69 Å². The van der Waals surface area contributed by atoms with Crippen LogP contribution in [-0.2, 0) is 9.53 Å². The molecule has 0 saturated heterocycles. The summed E-state index contributed by atoms with van der Waals surface area (Å²) < 4.78 is 4.85. The van der Waals surface area contributed by atoms with Crippen LogP contribution < -0.4 is 10.6 Å². The molecule has 7 nitrogen and oxygen atoms in total. The third kappa shape index (κ3) is 4.77. The Morgan fingerprint density at radius 3 is 2.70 bits per heavy atom. The van der Waals surface area contributed by atoms with E-state index in [-0.39, 0.29) is 5.69 Å². The molecule has 0 unspecified atom stereocenters. The molecule has 0 fully saturated rings. The van der Waals surface area contributed by atoms with Crippen molar-refractivity contribution in [3.8, 4) is 0 Å². The van der Waals surface area contributed by atoms with Gasteiger partial charge in [-0.25, -0.2) is 14.6 Å². The Balaban J connectivity index is 1.88. The molecule has 23 heavy (non-hydrogen) atoms. The first-order valence-electron chi connectivity index (χ1n) is 7.20. The summed E-state index contributed by atoms with van der Waals surface area (Å²) in [5.41, 5.74) is 0.761. The van der Waals surface area contributed by atoms with Crippen molar-refractivity contribution in [1.29, 1.82) is 0 Å². The quantitative estimate of drug-likeness (QED) is 0.817. The average Bonchev–Trinajstić information content (AvgIpc) is 2.57. The monoisotopic (exact) mass is 315 g/mol. The number of fused-ring (bicyclic) bond motifs is 1. The van der Waals surface area contributed by atoms with Crippen molar-refractivity contribution < 1.29 is 19.1 Å². The van der Waals surface area contributed by atoms with Crippen molar-refractivity contribution in [2.45, 2.75) is 13.3 Å². The molecule has 1 aromatic carbocycles. The van der Waals surface area contributed by atoms with Crippen LogP contribution in [0.5, 0.6) is 0 Å². The molecular weight excluding hydrogens is 298 g/mol. The smallest absolute Gasteiger partial charge is 0.357 e. The number of para-hydroxylation sites is 1. The molecule has 1 heterocycles. The third-order valence-corrected chi connectivity index (χ3v) is 2.93. The Morgan fingerprint density at radius 1 is 1.13 bits per heavy atom. The van der Waals surface area contributed by atoms with Gasteiger partial charge in [-0.3, -0.25) is 10.1 Å². The molecule has 0 atom stereocenters. The van der Waals surface area contributed by atoms with Gasteiger partial charge in [0.25, 0.3) is 5.91 Å². The van der Waals surface area contributed by atoms with Crippen molar-refractivity contribution >= 4 is 28.8 Å². The van der Waals surface area contributed by atoms with Gasteiger partial charge in [0.2, 0.25) is 0 Å². The number of aromatic nitrogens is 1. The number of amides is 3. The Kier molecular flexibility index (Phi) is 5.62. The molecule has 0 aliphatic heterocycles. The highest BCUT2D eigenvalue weighted by molar-refractivity contribution is 5.97. The highest BCUT2D eigenvalue weighted by Crippen LogP contribution is 2.12. The first-order valence-corrected chi connectivity index (χ1v) is 7.20. The van der Waals surface area contributed by atoms with Gasteiger partial charge in [-0.15, -0.1) is 0 Å². The summed E-state index contributed by atoms with van der Waals surface area (Å²) in [6, 6.07) is 9.99. The number of nitrogens with zero attached hydrogens (tertiary/aromatic N) is 1. The van der Waals surface area contributed by atoms with Crippen LogP contribution in [0.4, 0.5) is 4.79 Å². The van der Waals surface area contributed by atoms with Crippen LogP contribution in [0.2, 0.25) is 0 Å². The summed E-state index contributed by atoms with van der Waals surface area (Å²) in [4.78, 5) is 38.8. The predicted molar refractivity (Wildman–Crippen MR) is 83.9 cm³/mol. The highest BCUT2D eigenvalue weighted by Gasteiger charge is 2.13. The molecule has 3 amide bonds. The maximum Gasteiger partial charge on any atom is 0.357 e. The van der Waals surface area contributed by atoms with Crippen molar-refractivity contribution in [2.75, 3.05) is 13.2 Å². The molecular formula is C16H17N3O4. The number of ether oxygens (including phenoxy) is 1. The highest BCUT2D eigenvalue weighted by atomic mass is 16.5. The second-order valence-electron chi connectivity index (χ2n) is 4.77. The van der Waals surface area contributed by atoms with Crippen LogP contribution in [-0.4, -0.2) is 36.0 Å². The van der Waals surface area contributed by atoms with E-state index in [9.17, 15) is 14.4 Å². The van der Waals surface area contributed by atoms with E-state index in [1.165, 1.54) is 6.07 Å². The predicted octanol–water partition coefficient (Wildman–Crippen LogP) is 1.63. The van der Waals surface area contributed by atoms with Gasteiger partial charge in [-0.2, -0.15) is 0 Å². The number of imide groups is 1. The lowest BCUT2D eigenvalue weighted by Crippen LogP contribution is -2.41. The Bertz CT molecular complexity index is 730. The SMILES string of the molecule is CCCNC(=O)NC(=O)COC(=O)c1ccc2ccccc2n1. The number of nitrogens with one attached hydrogen (secondary N) is 2. The van der Waals surface area contributed by atoms with E-state index >= 15 is 0 Å². The van der Waals surface area contributed by atoms with Crippen molar-refractivity contribution in [2.24, 2.45) is 0 Å². The zero-order chi connectivity index (χ0) is 16.7. The number of carbonyl (C=O) groups excluding carboxylic acids is 3. The van der Waals surface area contributed by atoms with Gasteiger partial charge < -0.3 is 10.1 Å². The molecule has 0 aliphatic carbocycles. The van der Waals surface area contributed by atoms with Crippen molar-refractivity contribution in [3.63, 3.8) is 0 Å². The zero-order valence-corrected chi connectivity index (χ0v) is 12.7. The molecule has 0 saturated carbocycles. The van der Waals surface area contributed by atoms with Crippen LogP contribution in [0.1, 0.15) is 23.8 Å². The van der Waals surface area contributed by atoms with E-state index in [2.05, 4.69) is 15.6 Å². The van der Waals surface area contributed by atoms with E-state index in [1.807, 2.05) is 25.1 Å². The first kappa shape index (κ1) is 16.4. The van der Waals surface area contributed by atoms with Gasteiger partial charge >= 0.3 is 12.0 Å². The standard InChI is InChI=1S/C16H17N3O4/c1-2-9-17-16(22)19-14(20)10-23-15(21)13-8-7-11-5-3-4-6-12(11)18-13/h3-8H,2,9-10H2,1H3,(H2,17,19,20,22). The fraction of sp³-hybridized carbons (Fsp3) is 0.250. The fourth-order valence-electron chi connectivity index (χ4n) is 1.83. The van der Waals surface area contributed by atoms with Gasteiger partial charge in [-0.1, -0.05) is 31.2 Å². The number of benzene rings is 1. The molecule has 0 radical (unpaired) electrons. The summed E-state index contributed by atoms with van der Waals surface area (Å²) in [7, 11) is 0. The van der Waals surface area contributed by atoms with Crippen LogP contribution in [0, 0.1) is 0 Å². The molecule has 1 aromatic heterocycles. The minimum atomic E-state index is -0.722. The van der Waals surface area contributed by atoms with E-state index in [0.717, 1.165) is 11.8 Å². The van der Waals surface area contributed by atoms with Gasteiger partial charge in [0.15, 0.2) is 6.61 Å². The Labute approximate surface area is 133 Å². The van der Waals surface area contributed by atoms with Crippen LogP contribution in [0.15, 0.2) is 36.4 Å². The summed E-state index contributed by atoms with van der Waals surface area (Å²) in [6.07, 6.45) is 0.754. The maximum atomic E-state index is 11.9. The lowest BCUT2D eigenvalue weighted by molar-refractivity contribution is -0.123. The third-order valence-electron chi connectivity index (χ3n) is 2.93. The molecule has 120 valence electrons. The largest absolute Gasteiger partial charge is 0.451 e. The summed E-state index contributed by atoms with van der Waals surface area (Å²) in [5.74, 6) is -1.42. The average molecular weight is 315 g/mol. The van der Waals surface area contributed by atoms with Crippen molar-refractivity contribution in [3.05, 3.63) is 42.1 Å². The zero-order valence-electron chi connectivity index (χ0n) is 12.7. The van der Waals surface area contributed by atoms with Crippen LogP contribution in [0.3, 0.4) is 0 Å². The van der Waals surface area contributed by atoms with Crippen molar-refractivity contribution in [1.82, 2.24) is 15.6 Å². The van der Waals surface area contributed by atoms with E-state index in [1.54, 1.807) is 12.1 Å². The lowest BCUT2D eigenvalue weighted by Gasteiger charge is -2.07. The molecule has 0 aliphatic rings. The summed E-state index contributed by atoms with van der Waals surface area (Å²) in [6.45, 7) is 1.80. The number of hydrogen-bond donors (Lipinski definition) is 2. The number of pyridine rings is 1. The normalized spacial score (nSPS) is 10.1. The number of carbonyl (C=O) groups is 3. The van der Waals surface area contributed by atoms with Gasteiger partial charge in [-0.05, 0) is 18.6 Å². The number of rotatable bonds is 5. The Hall–Kier alpha value is -2.96. The first-order chi connectivity index (χ1) is 11.1. The number of hydrogen-bond acceptors (Lipinski definition) is 5. The molecule has 2 rings (SSSR count). The maximum absolute atomic E-state index is 11.9. The number of esters is 1. The summed E-state index contributed by atoms with van der Waals surface area (Å²) >= 11 is 0. The second-order valence-corrected chi connectivity index (χ2v) is 4.77.